The predicted molar refractivity (Wildman–Crippen MR) is 59.8 cm³/mol. The van der Waals surface area contributed by atoms with Crippen molar-refractivity contribution in [3.63, 3.8) is 0 Å². The number of hydrogen-bond acceptors (Lipinski definition) is 2. The summed E-state index contributed by atoms with van der Waals surface area (Å²) in [6.45, 7) is 0. The molecule has 0 aromatic heterocycles. The maximum absolute atomic E-state index is 10.7. The summed E-state index contributed by atoms with van der Waals surface area (Å²) in [6, 6.07) is 4.94. The zero-order chi connectivity index (χ0) is 10.1. The van der Waals surface area contributed by atoms with Gasteiger partial charge < -0.3 is 9.84 Å². The van der Waals surface area contributed by atoms with E-state index in [-0.39, 0.29) is 5.56 Å². The highest BCUT2D eigenvalue weighted by atomic mass is 127. The van der Waals surface area contributed by atoms with Crippen LogP contribution in [0.5, 0.6) is 5.75 Å². The van der Waals surface area contributed by atoms with Gasteiger partial charge in [-0.15, -0.1) is 0 Å². The van der Waals surface area contributed by atoms with Gasteiger partial charge in [-0.05, 0) is 53.6 Å². The number of ether oxygens (including phenoxy) is 1. The van der Waals surface area contributed by atoms with Crippen LogP contribution in [-0.4, -0.2) is 17.2 Å². The molecule has 4 heteroatoms. The molecule has 14 heavy (non-hydrogen) atoms. The second-order valence-electron chi connectivity index (χ2n) is 3.27. The topological polar surface area (TPSA) is 46.5 Å². The third-order valence-electron chi connectivity index (χ3n) is 2.00. The Balaban J connectivity index is 2.26. The summed E-state index contributed by atoms with van der Waals surface area (Å²) in [6.07, 6.45) is 2.45. The van der Waals surface area contributed by atoms with E-state index in [0.717, 1.165) is 16.4 Å². The van der Waals surface area contributed by atoms with Crippen LogP contribution in [0.3, 0.4) is 0 Å². The van der Waals surface area contributed by atoms with E-state index in [1.54, 1.807) is 18.2 Å². The van der Waals surface area contributed by atoms with Crippen molar-refractivity contribution in [1.29, 1.82) is 0 Å². The summed E-state index contributed by atoms with van der Waals surface area (Å²) in [7, 11) is 0. The van der Waals surface area contributed by atoms with Crippen molar-refractivity contribution >= 4 is 28.6 Å². The minimum atomic E-state index is -0.915. The van der Waals surface area contributed by atoms with Gasteiger partial charge in [-0.25, -0.2) is 4.79 Å². The van der Waals surface area contributed by atoms with Crippen LogP contribution in [0, 0.1) is 3.57 Å². The summed E-state index contributed by atoms with van der Waals surface area (Å²) in [5, 5.41) is 8.79. The van der Waals surface area contributed by atoms with E-state index in [1.165, 1.54) is 0 Å². The van der Waals surface area contributed by atoms with Crippen molar-refractivity contribution in [2.45, 2.75) is 18.9 Å². The third-order valence-corrected chi connectivity index (χ3v) is 2.89. The SMILES string of the molecule is O=C(O)c1ccc(I)c(OC2CC2)c1. The van der Waals surface area contributed by atoms with Crippen LogP contribution < -0.4 is 4.74 Å². The number of carboxylic acid groups (broad SMARTS) is 1. The van der Waals surface area contributed by atoms with Gasteiger partial charge in [0.2, 0.25) is 0 Å². The standard InChI is InChI=1S/C10H9IO3/c11-8-4-1-6(10(12)13)5-9(8)14-7-2-3-7/h1,4-5,7H,2-3H2,(H,12,13). The molecule has 1 N–H and O–H groups in total. The van der Waals surface area contributed by atoms with Gasteiger partial charge in [-0.2, -0.15) is 0 Å². The lowest BCUT2D eigenvalue weighted by Gasteiger charge is -2.07. The lowest BCUT2D eigenvalue weighted by molar-refractivity contribution is 0.0696. The number of carboxylic acids is 1. The largest absolute Gasteiger partial charge is 0.489 e. The zero-order valence-corrected chi connectivity index (χ0v) is 9.52. The summed E-state index contributed by atoms with van der Waals surface area (Å²) >= 11 is 2.14. The molecule has 3 nitrogen and oxygen atoms in total. The van der Waals surface area contributed by atoms with E-state index in [1.807, 2.05) is 0 Å². The first-order chi connectivity index (χ1) is 6.66. The molecule has 74 valence electrons. The molecule has 0 atom stereocenters. The smallest absolute Gasteiger partial charge is 0.335 e. The van der Waals surface area contributed by atoms with Crippen molar-refractivity contribution in [2.24, 2.45) is 0 Å². The lowest BCUT2D eigenvalue weighted by Crippen LogP contribution is -2.01. The Hall–Kier alpha value is -0.780. The predicted octanol–water partition coefficient (Wildman–Crippen LogP) is 2.53. The zero-order valence-electron chi connectivity index (χ0n) is 7.37. The van der Waals surface area contributed by atoms with Gasteiger partial charge in [0.1, 0.15) is 5.75 Å². The summed E-state index contributed by atoms with van der Waals surface area (Å²) in [5.41, 5.74) is 0.279. The molecular formula is C10H9IO3. The molecule has 0 radical (unpaired) electrons. The summed E-state index contributed by atoms with van der Waals surface area (Å²) < 4.78 is 6.53. The number of hydrogen-bond donors (Lipinski definition) is 1. The molecule has 1 aromatic rings. The highest BCUT2D eigenvalue weighted by molar-refractivity contribution is 14.1. The average molecular weight is 304 g/mol. The Morgan fingerprint density at radius 3 is 2.79 bits per heavy atom. The number of benzene rings is 1. The Morgan fingerprint density at radius 2 is 2.21 bits per heavy atom. The van der Waals surface area contributed by atoms with E-state index in [4.69, 9.17) is 9.84 Å². The normalized spacial score (nSPS) is 15.2. The monoisotopic (exact) mass is 304 g/mol. The van der Waals surface area contributed by atoms with Crippen LogP contribution in [0.2, 0.25) is 0 Å². The molecule has 0 spiro atoms. The number of rotatable bonds is 3. The van der Waals surface area contributed by atoms with Gasteiger partial charge in [0.25, 0.3) is 0 Å². The third kappa shape index (κ3) is 2.17. The molecule has 0 aliphatic heterocycles. The number of carbonyl (C=O) groups is 1. The molecule has 0 heterocycles. The number of halogens is 1. The molecule has 1 aliphatic rings. The highest BCUT2D eigenvalue weighted by Gasteiger charge is 2.24. The number of aromatic carboxylic acids is 1. The Bertz CT molecular complexity index is 372. The fourth-order valence-electron chi connectivity index (χ4n) is 1.09. The van der Waals surface area contributed by atoms with E-state index >= 15 is 0 Å². The van der Waals surface area contributed by atoms with Crippen LogP contribution in [0.25, 0.3) is 0 Å². The van der Waals surface area contributed by atoms with Crippen LogP contribution in [0.15, 0.2) is 18.2 Å². The maximum Gasteiger partial charge on any atom is 0.335 e. The average Bonchev–Trinajstić information content (AvgIpc) is 2.92. The highest BCUT2D eigenvalue weighted by Crippen LogP contribution is 2.30. The molecule has 2 rings (SSSR count). The molecule has 0 bridgehead atoms. The second kappa shape index (κ2) is 3.76. The quantitative estimate of drug-likeness (QED) is 0.873. The molecule has 1 saturated carbocycles. The van der Waals surface area contributed by atoms with Gasteiger partial charge in [0.05, 0.1) is 15.2 Å². The molecule has 0 amide bonds. The van der Waals surface area contributed by atoms with Gasteiger partial charge in [0, 0.05) is 0 Å². The first-order valence-electron chi connectivity index (χ1n) is 4.36. The lowest BCUT2D eigenvalue weighted by atomic mass is 10.2. The van der Waals surface area contributed by atoms with E-state index in [2.05, 4.69) is 22.6 Å². The molecule has 1 aromatic carbocycles. The fraction of sp³-hybridized carbons (Fsp3) is 0.300. The van der Waals surface area contributed by atoms with Crippen LogP contribution in [-0.2, 0) is 0 Å². The van der Waals surface area contributed by atoms with Crippen molar-refractivity contribution in [2.75, 3.05) is 0 Å². The van der Waals surface area contributed by atoms with Crippen molar-refractivity contribution in [3.05, 3.63) is 27.3 Å². The van der Waals surface area contributed by atoms with E-state index in [9.17, 15) is 4.79 Å². The second-order valence-corrected chi connectivity index (χ2v) is 4.43. The first kappa shape index (κ1) is 9.76. The Kier molecular flexibility index (Phi) is 2.62. The maximum atomic E-state index is 10.7. The molecular weight excluding hydrogens is 295 g/mol. The fourth-order valence-corrected chi connectivity index (χ4v) is 1.55. The molecule has 0 saturated heterocycles. The first-order valence-corrected chi connectivity index (χ1v) is 5.44. The van der Waals surface area contributed by atoms with Crippen LogP contribution >= 0.6 is 22.6 Å². The van der Waals surface area contributed by atoms with Gasteiger partial charge in [0.15, 0.2) is 0 Å². The van der Waals surface area contributed by atoms with Crippen molar-refractivity contribution in [1.82, 2.24) is 0 Å². The Labute approximate surface area is 95.2 Å². The minimum absolute atomic E-state index is 0.279. The molecule has 0 unspecified atom stereocenters. The van der Waals surface area contributed by atoms with E-state index < -0.39 is 5.97 Å². The molecule has 1 aliphatic carbocycles. The van der Waals surface area contributed by atoms with Crippen LogP contribution in [0.4, 0.5) is 0 Å². The van der Waals surface area contributed by atoms with Gasteiger partial charge in [-0.3, -0.25) is 0 Å². The van der Waals surface area contributed by atoms with Crippen LogP contribution in [0.1, 0.15) is 23.2 Å². The van der Waals surface area contributed by atoms with Crippen molar-refractivity contribution < 1.29 is 14.6 Å². The van der Waals surface area contributed by atoms with E-state index in [0.29, 0.717) is 11.9 Å². The summed E-state index contributed by atoms with van der Waals surface area (Å²) in [5.74, 6) is -0.227. The molecule has 1 fully saturated rings. The summed E-state index contributed by atoms with van der Waals surface area (Å²) in [4.78, 5) is 10.7. The van der Waals surface area contributed by atoms with Gasteiger partial charge >= 0.3 is 5.97 Å². The Morgan fingerprint density at radius 1 is 1.50 bits per heavy atom. The van der Waals surface area contributed by atoms with Gasteiger partial charge in [-0.1, -0.05) is 0 Å². The van der Waals surface area contributed by atoms with Crippen molar-refractivity contribution in [3.8, 4) is 5.75 Å². The minimum Gasteiger partial charge on any atom is -0.489 e.